The van der Waals surface area contributed by atoms with E-state index in [1.54, 1.807) is 4.90 Å². The molecule has 1 saturated heterocycles. The van der Waals surface area contributed by atoms with Crippen molar-refractivity contribution in [3.05, 3.63) is 0 Å². The molecular formula is C13H21NO4. The minimum atomic E-state index is -0.871. The average Bonchev–Trinajstić information content (AvgIpc) is 2.81. The zero-order valence-corrected chi connectivity index (χ0v) is 10.6. The topological polar surface area (TPSA) is 66.8 Å². The first-order chi connectivity index (χ1) is 8.66. The number of ether oxygens (including phenoxy) is 1. The standard InChI is InChI=1S/C13H21NO4/c15-12(7-10-3-1-2-4-10)14-5-6-18-9-11(14)8-13(16)17/h10-11H,1-9H2,(H,16,17). The van der Waals surface area contributed by atoms with E-state index >= 15 is 0 Å². The fraction of sp³-hybridized carbons (Fsp3) is 0.846. The highest BCUT2D eigenvalue weighted by Crippen LogP contribution is 2.28. The van der Waals surface area contributed by atoms with Crippen LogP contribution in [0.5, 0.6) is 0 Å². The van der Waals surface area contributed by atoms with Gasteiger partial charge in [-0.3, -0.25) is 9.59 Å². The van der Waals surface area contributed by atoms with Crippen LogP contribution in [0.1, 0.15) is 38.5 Å². The number of carboxylic acids is 1. The minimum absolute atomic E-state index is 0.0175. The highest BCUT2D eigenvalue weighted by Gasteiger charge is 2.30. The van der Waals surface area contributed by atoms with E-state index in [2.05, 4.69) is 0 Å². The van der Waals surface area contributed by atoms with Gasteiger partial charge in [-0.2, -0.15) is 0 Å². The largest absolute Gasteiger partial charge is 0.481 e. The fourth-order valence-corrected chi connectivity index (χ4v) is 2.93. The number of hydrogen-bond acceptors (Lipinski definition) is 3. The van der Waals surface area contributed by atoms with Crippen LogP contribution in [0.2, 0.25) is 0 Å². The van der Waals surface area contributed by atoms with Crippen molar-refractivity contribution in [2.45, 2.75) is 44.6 Å². The van der Waals surface area contributed by atoms with Gasteiger partial charge in [0, 0.05) is 13.0 Å². The van der Waals surface area contributed by atoms with Crippen LogP contribution in [-0.2, 0) is 14.3 Å². The van der Waals surface area contributed by atoms with Crippen LogP contribution < -0.4 is 0 Å². The second-order valence-corrected chi connectivity index (χ2v) is 5.27. The Kier molecular flexibility index (Phi) is 4.58. The van der Waals surface area contributed by atoms with Gasteiger partial charge < -0.3 is 14.7 Å². The smallest absolute Gasteiger partial charge is 0.305 e. The lowest BCUT2D eigenvalue weighted by Gasteiger charge is -2.35. The highest BCUT2D eigenvalue weighted by atomic mass is 16.5. The molecule has 2 rings (SSSR count). The van der Waals surface area contributed by atoms with Crippen molar-refractivity contribution in [2.24, 2.45) is 5.92 Å². The number of aliphatic carboxylic acids is 1. The molecule has 1 heterocycles. The summed E-state index contributed by atoms with van der Waals surface area (Å²) in [5.41, 5.74) is 0. The molecule has 1 N–H and O–H groups in total. The number of rotatable bonds is 4. The minimum Gasteiger partial charge on any atom is -0.481 e. The number of morpholine rings is 1. The van der Waals surface area contributed by atoms with Gasteiger partial charge in [-0.1, -0.05) is 12.8 Å². The Labute approximate surface area is 107 Å². The summed E-state index contributed by atoms with van der Waals surface area (Å²) in [6.45, 7) is 1.40. The van der Waals surface area contributed by atoms with Gasteiger partial charge in [0.2, 0.25) is 5.91 Å². The Morgan fingerprint density at radius 2 is 1.94 bits per heavy atom. The first-order valence-corrected chi connectivity index (χ1v) is 6.76. The van der Waals surface area contributed by atoms with E-state index < -0.39 is 5.97 Å². The summed E-state index contributed by atoms with van der Waals surface area (Å²) >= 11 is 0. The maximum atomic E-state index is 12.2. The summed E-state index contributed by atoms with van der Waals surface area (Å²) in [6, 6.07) is -0.287. The molecule has 0 bridgehead atoms. The van der Waals surface area contributed by atoms with Crippen molar-refractivity contribution in [1.29, 1.82) is 0 Å². The number of hydrogen-bond donors (Lipinski definition) is 1. The van der Waals surface area contributed by atoms with Gasteiger partial charge in [0.15, 0.2) is 0 Å². The molecule has 0 aromatic rings. The summed E-state index contributed by atoms with van der Waals surface area (Å²) in [5.74, 6) is -0.258. The van der Waals surface area contributed by atoms with Gasteiger partial charge in [-0.25, -0.2) is 0 Å². The zero-order chi connectivity index (χ0) is 13.0. The van der Waals surface area contributed by atoms with Gasteiger partial charge in [-0.05, 0) is 18.8 Å². The van der Waals surface area contributed by atoms with Crippen molar-refractivity contribution < 1.29 is 19.4 Å². The first-order valence-electron chi connectivity index (χ1n) is 6.76. The maximum absolute atomic E-state index is 12.2. The van der Waals surface area contributed by atoms with Gasteiger partial charge in [0.25, 0.3) is 0 Å². The van der Waals surface area contributed by atoms with E-state index in [9.17, 15) is 9.59 Å². The molecule has 1 aliphatic carbocycles. The van der Waals surface area contributed by atoms with E-state index in [4.69, 9.17) is 9.84 Å². The van der Waals surface area contributed by atoms with Crippen LogP contribution in [0.25, 0.3) is 0 Å². The quantitative estimate of drug-likeness (QED) is 0.821. The molecule has 2 aliphatic rings. The molecule has 1 aliphatic heterocycles. The fourth-order valence-electron chi connectivity index (χ4n) is 2.93. The van der Waals surface area contributed by atoms with Crippen molar-refractivity contribution in [2.75, 3.05) is 19.8 Å². The van der Waals surface area contributed by atoms with Crippen molar-refractivity contribution in [3.8, 4) is 0 Å². The third kappa shape index (κ3) is 3.45. The molecule has 1 atom stereocenters. The normalized spacial score (nSPS) is 25.3. The van der Waals surface area contributed by atoms with E-state index in [0.717, 1.165) is 12.8 Å². The Balaban J connectivity index is 1.90. The highest BCUT2D eigenvalue weighted by molar-refractivity contribution is 5.78. The number of nitrogens with zero attached hydrogens (tertiary/aromatic N) is 1. The number of carbonyl (C=O) groups is 2. The van der Waals surface area contributed by atoms with Crippen LogP contribution in [0.4, 0.5) is 0 Å². The molecular weight excluding hydrogens is 234 g/mol. The van der Waals surface area contributed by atoms with Crippen molar-refractivity contribution >= 4 is 11.9 Å². The summed E-state index contributed by atoms with van der Waals surface area (Å²) in [7, 11) is 0. The molecule has 1 unspecified atom stereocenters. The predicted molar refractivity (Wildman–Crippen MR) is 65.1 cm³/mol. The molecule has 0 aromatic heterocycles. The van der Waals surface area contributed by atoms with Crippen molar-refractivity contribution in [1.82, 2.24) is 4.90 Å². The van der Waals surface area contributed by atoms with E-state index in [1.165, 1.54) is 12.8 Å². The Hall–Kier alpha value is -1.10. The zero-order valence-electron chi connectivity index (χ0n) is 10.6. The van der Waals surface area contributed by atoms with Gasteiger partial charge >= 0.3 is 5.97 Å². The van der Waals surface area contributed by atoms with E-state index in [1.807, 2.05) is 0 Å². The summed E-state index contributed by atoms with van der Waals surface area (Å²) < 4.78 is 5.28. The maximum Gasteiger partial charge on any atom is 0.305 e. The molecule has 2 fully saturated rings. The molecule has 0 aromatic carbocycles. The third-order valence-corrected chi connectivity index (χ3v) is 3.90. The SMILES string of the molecule is O=C(O)CC1COCCN1C(=O)CC1CCCC1. The molecule has 102 valence electrons. The Morgan fingerprint density at radius 1 is 1.22 bits per heavy atom. The summed E-state index contributed by atoms with van der Waals surface area (Å²) in [5, 5.41) is 8.86. The number of carbonyl (C=O) groups excluding carboxylic acids is 1. The number of amides is 1. The first kappa shape index (κ1) is 13.3. The Bertz CT molecular complexity index is 312. The molecule has 0 radical (unpaired) electrons. The lowest BCUT2D eigenvalue weighted by molar-refractivity contribution is -0.146. The lowest BCUT2D eigenvalue weighted by Crippen LogP contribution is -2.49. The van der Waals surface area contributed by atoms with Gasteiger partial charge in [-0.15, -0.1) is 0 Å². The van der Waals surface area contributed by atoms with Gasteiger partial charge in [0.05, 0.1) is 25.7 Å². The molecule has 18 heavy (non-hydrogen) atoms. The molecule has 5 heteroatoms. The molecule has 0 spiro atoms. The second kappa shape index (κ2) is 6.18. The third-order valence-electron chi connectivity index (χ3n) is 3.90. The van der Waals surface area contributed by atoms with E-state index in [0.29, 0.717) is 32.1 Å². The van der Waals surface area contributed by atoms with Crippen LogP contribution >= 0.6 is 0 Å². The molecule has 5 nitrogen and oxygen atoms in total. The van der Waals surface area contributed by atoms with Crippen LogP contribution in [0.15, 0.2) is 0 Å². The average molecular weight is 255 g/mol. The second-order valence-electron chi connectivity index (χ2n) is 5.27. The van der Waals surface area contributed by atoms with Gasteiger partial charge in [0.1, 0.15) is 0 Å². The van der Waals surface area contributed by atoms with E-state index in [-0.39, 0.29) is 18.4 Å². The van der Waals surface area contributed by atoms with Crippen LogP contribution in [-0.4, -0.2) is 47.7 Å². The monoisotopic (exact) mass is 255 g/mol. The molecule has 1 amide bonds. The molecule has 1 saturated carbocycles. The Morgan fingerprint density at radius 3 is 2.61 bits per heavy atom. The summed E-state index contributed by atoms with van der Waals surface area (Å²) in [6.07, 6.45) is 5.28. The predicted octanol–water partition coefficient (Wildman–Crippen LogP) is 1.27. The summed E-state index contributed by atoms with van der Waals surface area (Å²) in [4.78, 5) is 24.7. The van der Waals surface area contributed by atoms with Crippen molar-refractivity contribution in [3.63, 3.8) is 0 Å². The van der Waals surface area contributed by atoms with Crippen LogP contribution in [0.3, 0.4) is 0 Å². The lowest BCUT2D eigenvalue weighted by atomic mass is 10.0. The van der Waals surface area contributed by atoms with Crippen LogP contribution in [0, 0.1) is 5.92 Å². The number of carboxylic acid groups (broad SMARTS) is 1.